The lowest BCUT2D eigenvalue weighted by atomic mass is 9.87. The first kappa shape index (κ1) is 67.8. The predicted octanol–water partition coefficient (Wildman–Crippen LogP) is -4.08. The van der Waals surface area contributed by atoms with Gasteiger partial charge in [-0.2, -0.15) is 0 Å². The Morgan fingerprint density at radius 1 is 0.500 bits per heavy atom. The minimum atomic E-state index is -1.38. The molecule has 26 nitrogen and oxygen atoms in total. The summed E-state index contributed by atoms with van der Waals surface area (Å²) >= 11 is 0. The van der Waals surface area contributed by atoms with Crippen LogP contribution in [0.3, 0.4) is 0 Å². The average Bonchev–Trinajstić information content (AvgIpc) is 3.39. The van der Waals surface area contributed by atoms with E-state index in [1.165, 1.54) is 13.8 Å². The minimum Gasteiger partial charge on any atom is -0.391 e. The third-order valence-corrected chi connectivity index (χ3v) is 12.9. The summed E-state index contributed by atoms with van der Waals surface area (Å²) < 4.78 is 0. The van der Waals surface area contributed by atoms with Crippen molar-refractivity contribution in [3.63, 3.8) is 0 Å². The quantitative estimate of drug-likeness (QED) is 0.0304. The minimum absolute atomic E-state index is 0.0584. The lowest BCUT2D eigenvalue weighted by Crippen LogP contribution is -2.61. The highest BCUT2D eigenvalue weighted by Gasteiger charge is 2.35. The SMILES string of the molecule is CCCNC(=O)C(NC(=O)[C@H](CCN)NC(=O)[C@H](CCN)NC(=O)[C@H](CC(C)C)NC(=O)[C@@H](Cc1ccccc1)NC(=O)[C@H](CCN)NC(=O)CNC(=O)[C@H](CCN)NC(=O)[C@@H](NC(=O)CC1CCCCC1)C(C)O)C(C)O. The van der Waals surface area contributed by atoms with Gasteiger partial charge in [0.1, 0.15) is 48.3 Å². The molecule has 1 aliphatic rings. The van der Waals surface area contributed by atoms with E-state index in [2.05, 4.69) is 53.2 Å². The number of rotatable bonds is 36. The van der Waals surface area contributed by atoms with Gasteiger partial charge in [0.25, 0.3) is 0 Å². The molecule has 1 aliphatic carbocycles. The second-order valence-corrected chi connectivity index (χ2v) is 20.3. The van der Waals surface area contributed by atoms with Crippen molar-refractivity contribution < 1.29 is 58.2 Å². The molecule has 20 N–H and O–H groups in total. The number of nitrogens with two attached hydrogens (primary N) is 4. The summed E-state index contributed by atoms with van der Waals surface area (Å²) in [6, 6.07) is -1.95. The van der Waals surface area contributed by atoms with Gasteiger partial charge in [0.05, 0.1) is 18.8 Å². The van der Waals surface area contributed by atoms with Crippen molar-refractivity contribution in [2.24, 2.45) is 34.8 Å². The first-order chi connectivity index (χ1) is 37.1. The van der Waals surface area contributed by atoms with Gasteiger partial charge in [-0.15, -0.1) is 0 Å². The summed E-state index contributed by atoms with van der Waals surface area (Å²) in [5.74, 6) is -7.62. The molecular weight excluding hydrogens is 1010 g/mol. The van der Waals surface area contributed by atoms with Crippen LogP contribution < -0.4 is 76.1 Å². The van der Waals surface area contributed by atoms with Crippen molar-refractivity contribution in [2.75, 3.05) is 39.3 Å². The van der Waals surface area contributed by atoms with Gasteiger partial charge in [-0.3, -0.25) is 47.9 Å². The van der Waals surface area contributed by atoms with E-state index in [0.29, 0.717) is 18.5 Å². The monoisotopic (exact) mass is 1100 g/mol. The third kappa shape index (κ3) is 25.0. The zero-order valence-corrected chi connectivity index (χ0v) is 46.0. The molecule has 0 saturated heterocycles. The van der Waals surface area contributed by atoms with Crippen LogP contribution in [0.15, 0.2) is 30.3 Å². The molecule has 1 saturated carbocycles. The molecule has 0 spiro atoms. The van der Waals surface area contributed by atoms with E-state index in [1.54, 1.807) is 44.2 Å². The molecule has 0 aliphatic heterocycles. The smallest absolute Gasteiger partial charge is 0.245 e. The van der Waals surface area contributed by atoms with Crippen LogP contribution >= 0.6 is 0 Å². The van der Waals surface area contributed by atoms with Gasteiger partial charge in [0.2, 0.25) is 59.1 Å². The predicted molar refractivity (Wildman–Crippen MR) is 291 cm³/mol. The molecular formula is C52H90N14O12. The Morgan fingerprint density at radius 3 is 1.44 bits per heavy atom. The zero-order valence-electron chi connectivity index (χ0n) is 46.0. The molecule has 0 radical (unpaired) electrons. The average molecular weight is 1100 g/mol. The standard InChI is InChI=1S/C52H90N14O12/c1-6-25-57-51(77)43(31(4)67)66-48(74)38(20-24-56)60-47(73)37(19-23-55)61-49(75)39(26-30(2)3)63-50(76)40(27-33-13-9-7-10-14-33)64-46(72)36(18-22-54)59-42(70)29-58-45(71)35(17-21-53)62-52(78)44(32(5)68)65-41(69)28-34-15-11-8-12-16-34/h7,9-10,13-14,30-32,34-40,43-44,67-68H,6,8,11-12,15-29,53-56H2,1-5H3,(H,57,77)(H,58,71)(H,59,70)(H,60,73)(H,61,75)(H,62,78)(H,63,76)(H,64,72)(H,65,69)(H,66,74)/t31?,32?,35-,36-,37-,38-,39-,40+,43?,44-/m0/s1. The van der Waals surface area contributed by atoms with Gasteiger partial charge < -0.3 is 86.3 Å². The summed E-state index contributed by atoms with van der Waals surface area (Å²) in [5.41, 5.74) is 23.8. The van der Waals surface area contributed by atoms with E-state index >= 15 is 0 Å². The van der Waals surface area contributed by atoms with Crippen molar-refractivity contribution in [3.05, 3.63) is 35.9 Å². The zero-order chi connectivity index (χ0) is 58.3. The first-order valence-corrected chi connectivity index (χ1v) is 27.3. The Morgan fingerprint density at radius 2 is 0.936 bits per heavy atom. The van der Waals surface area contributed by atoms with Crippen LogP contribution in [0.4, 0.5) is 0 Å². The lowest BCUT2D eigenvalue weighted by molar-refractivity contribution is -0.136. The number of carbonyl (C=O) groups excluding carboxylic acids is 10. The maximum atomic E-state index is 14.3. The molecule has 0 heterocycles. The second-order valence-electron chi connectivity index (χ2n) is 20.3. The number of aliphatic hydroxyl groups is 2. The molecule has 0 aromatic heterocycles. The van der Waals surface area contributed by atoms with Gasteiger partial charge in [0.15, 0.2) is 0 Å². The van der Waals surface area contributed by atoms with Crippen LogP contribution in [0, 0.1) is 11.8 Å². The van der Waals surface area contributed by atoms with Gasteiger partial charge in [-0.1, -0.05) is 70.4 Å². The van der Waals surface area contributed by atoms with Gasteiger partial charge in [-0.05, 0) is 109 Å². The molecule has 1 aromatic rings. The number of hydrogen-bond acceptors (Lipinski definition) is 16. The van der Waals surface area contributed by atoms with E-state index in [0.717, 1.165) is 32.1 Å². The second kappa shape index (κ2) is 36.7. The van der Waals surface area contributed by atoms with Gasteiger partial charge in [0, 0.05) is 19.4 Å². The van der Waals surface area contributed by atoms with Gasteiger partial charge >= 0.3 is 0 Å². The van der Waals surface area contributed by atoms with Crippen molar-refractivity contribution in [2.45, 2.75) is 179 Å². The highest BCUT2D eigenvalue weighted by molar-refractivity contribution is 5.98. The van der Waals surface area contributed by atoms with E-state index in [1.807, 2.05) is 6.92 Å². The third-order valence-electron chi connectivity index (χ3n) is 12.9. The van der Waals surface area contributed by atoms with Crippen LogP contribution in [0.2, 0.25) is 0 Å². The van der Waals surface area contributed by atoms with Crippen LogP contribution in [0.25, 0.3) is 0 Å². The van der Waals surface area contributed by atoms with E-state index in [4.69, 9.17) is 22.9 Å². The first-order valence-electron chi connectivity index (χ1n) is 27.3. The fourth-order valence-electron chi connectivity index (χ4n) is 8.70. The van der Waals surface area contributed by atoms with Crippen molar-refractivity contribution >= 4 is 59.1 Å². The summed E-state index contributed by atoms with van der Waals surface area (Å²) in [7, 11) is 0. The highest BCUT2D eigenvalue weighted by atomic mass is 16.3. The molecule has 10 amide bonds. The fraction of sp³-hybridized carbons (Fsp3) is 0.692. The Bertz CT molecular complexity index is 2080. The summed E-state index contributed by atoms with van der Waals surface area (Å²) in [4.78, 5) is 135. The molecule has 2 rings (SSSR count). The molecule has 0 bridgehead atoms. The van der Waals surface area contributed by atoms with Crippen molar-refractivity contribution in [3.8, 4) is 0 Å². The maximum Gasteiger partial charge on any atom is 0.245 e. The number of aliphatic hydroxyl groups excluding tert-OH is 2. The number of benzene rings is 1. The fourth-order valence-corrected chi connectivity index (χ4v) is 8.70. The number of hydrogen-bond donors (Lipinski definition) is 16. The Labute approximate surface area is 457 Å². The summed E-state index contributed by atoms with van der Waals surface area (Å²) in [6.45, 7) is 7.38. The highest BCUT2D eigenvalue weighted by Crippen LogP contribution is 2.26. The number of nitrogens with one attached hydrogen (secondary N) is 10. The van der Waals surface area contributed by atoms with Crippen molar-refractivity contribution in [1.82, 2.24) is 53.2 Å². The molecule has 26 heteroatoms. The molecule has 78 heavy (non-hydrogen) atoms. The van der Waals surface area contributed by atoms with Gasteiger partial charge in [-0.25, -0.2) is 0 Å². The van der Waals surface area contributed by atoms with Crippen LogP contribution in [0.1, 0.15) is 117 Å². The molecule has 10 atom stereocenters. The Kier molecular flexibility index (Phi) is 31.9. The van der Waals surface area contributed by atoms with E-state index < -0.39 is 126 Å². The van der Waals surface area contributed by atoms with Crippen LogP contribution in [-0.4, -0.2) is 169 Å². The summed E-state index contributed by atoms with van der Waals surface area (Å²) in [5, 5.41) is 46.3. The maximum absolute atomic E-state index is 14.3. The molecule has 3 unspecified atom stereocenters. The number of carbonyl (C=O) groups is 10. The van der Waals surface area contributed by atoms with E-state index in [9.17, 15) is 58.2 Å². The molecule has 440 valence electrons. The van der Waals surface area contributed by atoms with Crippen LogP contribution in [0.5, 0.6) is 0 Å². The van der Waals surface area contributed by atoms with Crippen molar-refractivity contribution in [1.29, 1.82) is 0 Å². The van der Waals surface area contributed by atoms with E-state index in [-0.39, 0.29) is 83.0 Å². The Balaban J connectivity index is 2.25. The van der Waals surface area contributed by atoms with Crippen LogP contribution in [-0.2, 0) is 54.4 Å². The topological polar surface area (TPSA) is 436 Å². The lowest BCUT2D eigenvalue weighted by Gasteiger charge is -2.28. The normalized spacial score (nSPS) is 16.4. The molecule has 1 aromatic carbocycles. The summed E-state index contributed by atoms with van der Waals surface area (Å²) in [6.07, 6.45) is 2.71. The molecule has 1 fully saturated rings. The Hall–Kier alpha value is -6.32. The largest absolute Gasteiger partial charge is 0.391 e. The number of amides is 10.